The van der Waals surface area contributed by atoms with Crippen molar-refractivity contribution >= 4 is 33.9 Å². The van der Waals surface area contributed by atoms with Crippen LogP contribution in [0, 0.1) is 6.67 Å². The van der Waals surface area contributed by atoms with Gasteiger partial charge in [-0.2, -0.15) is 0 Å². The van der Waals surface area contributed by atoms with Gasteiger partial charge in [0.05, 0.1) is 11.4 Å². The Labute approximate surface area is 355 Å². The summed E-state index contributed by atoms with van der Waals surface area (Å²) in [6.45, 7) is 25.1. The fourth-order valence-electron chi connectivity index (χ4n) is 8.68. The van der Waals surface area contributed by atoms with Crippen molar-refractivity contribution in [3.8, 4) is 22.6 Å². The standard InChI is InChI=1S/C30H38N3.C21H16N3.Cu/c1-19(2)23-12-9-13-24(20(3)4)28(23)32-18-33(30-27(32)16-11-17-31-30)29-25(21(5)6)14-10-15-26(29)22(7)8;1-21(2)15-8-4-3-7-13(15)14-11-18-19(12-16(14)21)24-20(23-18)17-9-5-6-10-22-17;/h9-22H,1-8H3;3-12H,1-2H3;/q2*-1;+2. The van der Waals surface area contributed by atoms with Gasteiger partial charge in [-0.25, -0.2) is 4.98 Å². The van der Waals surface area contributed by atoms with E-state index in [4.69, 9.17) is 15.0 Å². The van der Waals surface area contributed by atoms with E-state index in [1.165, 1.54) is 55.9 Å². The second-order valence-corrected chi connectivity index (χ2v) is 17.2. The topological polar surface area (TPSA) is 59.3 Å². The summed E-state index contributed by atoms with van der Waals surface area (Å²) < 4.78 is 0. The van der Waals surface area contributed by atoms with Gasteiger partial charge in [-0.15, -0.1) is 6.67 Å². The number of hydrogen-bond donors (Lipinski definition) is 0. The van der Waals surface area contributed by atoms with Gasteiger partial charge in [0.1, 0.15) is 5.82 Å². The quantitative estimate of drug-likeness (QED) is 0.118. The van der Waals surface area contributed by atoms with Gasteiger partial charge in [0.25, 0.3) is 0 Å². The van der Waals surface area contributed by atoms with Gasteiger partial charge >= 0.3 is 17.1 Å². The second kappa shape index (κ2) is 16.2. The van der Waals surface area contributed by atoms with E-state index >= 15 is 0 Å². The summed E-state index contributed by atoms with van der Waals surface area (Å²) in [7, 11) is 0. The van der Waals surface area contributed by atoms with Crippen LogP contribution in [0.1, 0.15) is 126 Å². The number of para-hydroxylation sites is 2. The molecule has 0 fully saturated rings. The van der Waals surface area contributed by atoms with Crippen molar-refractivity contribution in [3.05, 3.63) is 156 Å². The van der Waals surface area contributed by atoms with Crippen molar-refractivity contribution in [2.75, 3.05) is 9.80 Å². The van der Waals surface area contributed by atoms with Crippen LogP contribution in [-0.4, -0.2) is 15.0 Å². The third-order valence-corrected chi connectivity index (χ3v) is 11.7. The molecule has 9 rings (SSSR count). The summed E-state index contributed by atoms with van der Waals surface area (Å²) in [5.74, 6) is 3.39. The molecule has 0 N–H and O–H groups in total. The number of imidazole rings is 1. The zero-order valence-corrected chi connectivity index (χ0v) is 36.3. The Morgan fingerprint density at radius 2 is 1.14 bits per heavy atom. The van der Waals surface area contributed by atoms with Crippen LogP contribution >= 0.6 is 0 Å². The predicted molar refractivity (Wildman–Crippen MR) is 238 cm³/mol. The molecule has 7 aromatic rings. The van der Waals surface area contributed by atoms with Crippen LogP contribution in [0.25, 0.3) is 33.7 Å². The monoisotopic (exact) mass is 813 g/mol. The minimum Gasteiger partial charge on any atom is -0.471 e. The third-order valence-electron chi connectivity index (χ3n) is 11.7. The molecule has 0 spiro atoms. The van der Waals surface area contributed by atoms with E-state index in [-0.39, 0.29) is 22.5 Å². The first-order valence-corrected chi connectivity index (χ1v) is 20.5. The first kappa shape index (κ1) is 40.9. The van der Waals surface area contributed by atoms with Gasteiger partial charge in [0, 0.05) is 29.2 Å². The Kier molecular flexibility index (Phi) is 11.4. The molecule has 0 unspecified atom stereocenters. The molecule has 0 saturated carbocycles. The Balaban J connectivity index is 0.000000181. The van der Waals surface area contributed by atoms with Crippen molar-refractivity contribution < 1.29 is 17.1 Å². The third kappa shape index (κ3) is 7.13. The molecule has 0 amide bonds. The van der Waals surface area contributed by atoms with Crippen LogP contribution in [0.3, 0.4) is 0 Å². The van der Waals surface area contributed by atoms with E-state index in [1.807, 2.05) is 30.5 Å². The second-order valence-electron chi connectivity index (χ2n) is 17.2. The van der Waals surface area contributed by atoms with Gasteiger partial charge in [-0.1, -0.05) is 148 Å². The maximum atomic E-state index is 4.90. The number of nitrogens with zero attached hydrogens (tertiary/aromatic N) is 6. The van der Waals surface area contributed by atoms with Crippen LogP contribution in [0.15, 0.2) is 116 Å². The molecule has 6 nitrogen and oxygen atoms in total. The first-order chi connectivity index (χ1) is 27.4. The van der Waals surface area contributed by atoms with Gasteiger partial charge in [-0.05, 0) is 109 Å². The molecule has 1 aliphatic carbocycles. The van der Waals surface area contributed by atoms with Gasteiger partial charge < -0.3 is 19.8 Å². The summed E-state index contributed by atoms with van der Waals surface area (Å²) in [5.41, 5.74) is 17.1. The summed E-state index contributed by atoms with van der Waals surface area (Å²) in [6.07, 6.45) is 3.68. The number of aromatic nitrogens is 4. The minimum absolute atomic E-state index is 0. The van der Waals surface area contributed by atoms with Crippen molar-refractivity contribution in [1.29, 1.82) is 0 Å². The van der Waals surface area contributed by atoms with Crippen LogP contribution in [0.4, 0.5) is 22.9 Å². The zero-order chi connectivity index (χ0) is 40.2. The molecule has 2 aliphatic rings. The molecule has 58 heavy (non-hydrogen) atoms. The molecule has 3 aromatic heterocycles. The number of benzene rings is 4. The van der Waals surface area contributed by atoms with Crippen LogP contribution < -0.4 is 14.8 Å². The number of anilines is 4. The average molecular weight is 815 g/mol. The number of fused-ring (bicyclic) bond motifs is 5. The smallest absolute Gasteiger partial charge is 0.471 e. The summed E-state index contributed by atoms with van der Waals surface area (Å²) in [4.78, 5) is 23.4. The molecule has 299 valence electrons. The van der Waals surface area contributed by atoms with E-state index in [0.717, 1.165) is 28.2 Å². The molecule has 0 saturated heterocycles. The summed E-state index contributed by atoms with van der Waals surface area (Å²) in [5, 5.41) is 0. The average Bonchev–Trinajstić information content (AvgIpc) is 3.87. The molecular weight excluding hydrogens is 760 g/mol. The maximum Gasteiger partial charge on any atom is 2.00 e. The van der Waals surface area contributed by atoms with Gasteiger partial charge in [0.2, 0.25) is 0 Å². The molecule has 4 heterocycles. The Morgan fingerprint density at radius 3 is 1.72 bits per heavy atom. The Hall–Kier alpha value is -5.23. The van der Waals surface area contributed by atoms with E-state index in [9.17, 15) is 0 Å². The van der Waals surface area contributed by atoms with Crippen LogP contribution in [0.2, 0.25) is 0 Å². The number of rotatable bonds is 7. The van der Waals surface area contributed by atoms with Crippen molar-refractivity contribution in [1.82, 2.24) is 19.9 Å². The van der Waals surface area contributed by atoms with Crippen molar-refractivity contribution in [3.63, 3.8) is 0 Å². The van der Waals surface area contributed by atoms with E-state index in [0.29, 0.717) is 29.5 Å². The Bertz CT molecular complexity index is 2430. The van der Waals surface area contributed by atoms with E-state index < -0.39 is 0 Å². The first-order valence-electron chi connectivity index (χ1n) is 20.5. The molecule has 0 atom stereocenters. The maximum absolute atomic E-state index is 4.90. The molecule has 0 bridgehead atoms. The Morgan fingerprint density at radius 1 is 0.569 bits per heavy atom. The number of hydrogen-bond acceptors (Lipinski definition) is 5. The molecule has 7 heteroatoms. The SMILES string of the molecule is CC(C)c1cccc(C(C)C)c1N1[CH-]N(c2c(C(C)C)cccc2C(C)C)c2ncccc21.CC1(C)c2ccccc2-c2cc3nc(-c4ccccn4)[n-]c3cc21.[Cu+2]. The predicted octanol–water partition coefficient (Wildman–Crippen LogP) is 13.5. The molecule has 1 aliphatic heterocycles. The van der Waals surface area contributed by atoms with Crippen LogP contribution in [0.5, 0.6) is 0 Å². The molecular formula is C51H54CuN6. The van der Waals surface area contributed by atoms with Gasteiger partial charge in [-0.3, -0.25) is 4.98 Å². The largest absolute Gasteiger partial charge is 2.00 e. The fourth-order valence-corrected chi connectivity index (χ4v) is 8.68. The van der Waals surface area contributed by atoms with Crippen molar-refractivity contribution in [2.24, 2.45) is 0 Å². The normalized spacial score (nSPS) is 13.8. The summed E-state index contributed by atoms with van der Waals surface area (Å²) in [6, 6.07) is 36.6. The van der Waals surface area contributed by atoms with Gasteiger partial charge in [0.15, 0.2) is 0 Å². The molecule has 4 aromatic carbocycles. The minimum atomic E-state index is -0.00970. The van der Waals surface area contributed by atoms with Crippen LogP contribution in [-0.2, 0) is 22.5 Å². The number of pyridine rings is 2. The summed E-state index contributed by atoms with van der Waals surface area (Å²) >= 11 is 0. The zero-order valence-electron chi connectivity index (χ0n) is 35.3. The van der Waals surface area contributed by atoms with E-state index in [2.05, 4.69) is 170 Å². The van der Waals surface area contributed by atoms with E-state index in [1.54, 1.807) is 6.20 Å². The molecule has 1 radical (unpaired) electrons. The van der Waals surface area contributed by atoms with Crippen molar-refractivity contribution in [2.45, 2.75) is 98.3 Å². The fraction of sp³-hybridized carbons (Fsp3) is 0.294.